The summed E-state index contributed by atoms with van der Waals surface area (Å²) in [6.07, 6.45) is 5.41. The maximum atomic E-state index is 12.4. The van der Waals surface area contributed by atoms with Gasteiger partial charge in [0.15, 0.2) is 0 Å². The van der Waals surface area contributed by atoms with Crippen LogP contribution in [0, 0.1) is 23.2 Å². The van der Waals surface area contributed by atoms with Crippen LogP contribution >= 0.6 is 0 Å². The normalized spacial score (nSPS) is 33.2. The summed E-state index contributed by atoms with van der Waals surface area (Å²) in [6.45, 7) is 14.3. The van der Waals surface area contributed by atoms with Crippen molar-refractivity contribution in [2.75, 3.05) is 0 Å². The van der Waals surface area contributed by atoms with Crippen molar-refractivity contribution in [3.05, 3.63) is 24.3 Å². The summed E-state index contributed by atoms with van der Waals surface area (Å²) in [5, 5.41) is 9.35. The third-order valence-electron chi connectivity index (χ3n) is 6.51. The molecule has 4 nitrogen and oxygen atoms in total. The number of rotatable bonds is 6. The first-order valence-corrected chi connectivity index (χ1v) is 9.48. The van der Waals surface area contributed by atoms with E-state index in [-0.39, 0.29) is 34.9 Å². The minimum atomic E-state index is -0.959. The molecule has 25 heavy (non-hydrogen) atoms. The van der Waals surface area contributed by atoms with Crippen molar-refractivity contribution in [2.45, 2.75) is 71.8 Å². The molecule has 0 saturated heterocycles. The molecule has 0 heterocycles. The molecule has 5 atom stereocenters. The first-order chi connectivity index (χ1) is 11.7. The lowest BCUT2D eigenvalue weighted by Crippen LogP contribution is -2.50. The molecule has 0 radical (unpaired) electrons. The van der Waals surface area contributed by atoms with Gasteiger partial charge in [0.2, 0.25) is 0 Å². The number of ether oxygens (including phenoxy) is 1. The summed E-state index contributed by atoms with van der Waals surface area (Å²) in [6, 6.07) is 0. The van der Waals surface area contributed by atoms with E-state index in [0.717, 1.165) is 32.1 Å². The number of aliphatic carboxylic acids is 1. The second-order valence-corrected chi connectivity index (χ2v) is 8.26. The van der Waals surface area contributed by atoms with Gasteiger partial charge >= 0.3 is 11.9 Å². The van der Waals surface area contributed by atoms with Crippen molar-refractivity contribution >= 4 is 11.9 Å². The summed E-state index contributed by atoms with van der Waals surface area (Å²) in [5.74, 6) is -0.799. The van der Waals surface area contributed by atoms with Crippen LogP contribution in [0.1, 0.15) is 65.7 Å². The highest BCUT2D eigenvalue weighted by atomic mass is 16.5. The Kier molecular flexibility index (Phi) is 6.12. The van der Waals surface area contributed by atoms with E-state index in [0.29, 0.717) is 18.8 Å². The van der Waals surface area contributed by atoms with Gasteiger partial charge in [0.05, 0.1) is 0 Å². The van der Waals surface area contributed by atoms with Crippen molar-refractivity contribution in [1.29, 1.82) is 0 Å². The molecule has 0 bridgehead atoms. The Morgan fingerprint density at radius 3 is 2.68 bits per heavy atom. The van der Waals surface area contributed by atoms with Crippen LogP contribution in [0.5, 0.6) is 0 Å². The topological polar surface area (TPSA) is 63.6 Å². The number of esters is 1. The van der Waals surface area contributed by atoms with Gasteiger partial charge in [0, 0.05) is 17.4 Å². The minimum Gasteiger partial charge on any atom is -0.478 e. The number of carbonyl (C=O) groups is 2. The third kappa shape index (κ3) is 4.16. The first kappa shape index (κ1) is 19.7. The van der Waals surface area contributed by atoms with Crippen molar-refractivity contribution in [3.63, 3.8) is 0 Å². The molecule has 2 aliphatic rings. The zero-order chi connectivity index (χ0) is 18.8. The van der Waals surface area contributed by atoms with Gasteiger partial charge < -0.3 is 9.84 Å². The standard InChI is InChI=1S/C21H32O4/c1-6-13(2)10-19(22)25-18-12-16(15(4)20(23)24)11-17-14(3)8-7-9-21(17,18)5/h13,16-18H,3-4,6-12H2,1-2,5H3,(H,23,24). The second-order valence-electron chi connectivity index (χ2n) is 8.26. The van der Waals surface area contributed by atoms with E-state index in [9.17, 15) is 14.7 Å². The summed E-state index contributed by atoms with van der Waals surface area (Å²) in [4.78, 5) is 23.8. The lowest BCUT2D eigenvalue weighted by atomic mass is 9.55. The number of hydrogen-bond acceptors (Lipinski definition) is 3. The van der Waals surface area contributed by atoms with Crippen LogP contribution in [0.2, 0.25) is 0 Å². The Balaban J connectivity index is 2.23. The summed E-state index contributed by atoms with van der Waals surface area (Å²) in [7, 11) is 0. The van der Waals surface area contributed by atoms with Gasteiger partial charge in [-0.1, -0.05) is 45.9 Å². The van der Waals surface area contributed by atoms with E-state index >= 15 is 0 Å². The highest BCUT2D eigenvalue weighted by Gasteiger charge is 2.51. The summed E-state index contributed by atoms with van der Waals surface area (Å²) in [5.41, 5.74) is 1.25. The zero-order valence-corrected chi connectivity index (χ0v) is 15.8. The molecule has 1 N–H and O–H groups in total. The fourth-order valence-corrected chi connectivity index (χ4v) is 4.52. The van der Waals surface area contributed by atoms with E-state index in [4.69, 9.17) is 4.74 Å². The molecular weight excluding hydrogens is 316 g/mol. The van der Waals surface area contributed by atoms with Crippen molar-refractivity contribution < 1.29 is 19.4 Å². The zero-order valence-electron chi connectivity index (χ0n) is 15.8. The molecule has 0 aromatic heterocycles. The van der Waals surface area contributed by atoms with Gasteiger partial charge in [-0.3, -0.25) is 4.79 Å². The maximum Gasteiger partial charge on any atom is 0.331 e. The largest absolute Gasteiger partial charge is 0.478 e. The first-order valence-electron chi connectivity index (χ1n) is 9.48. The van der Waals surface area contributed by atoms with Crippen LogP contribution in [-0.2, 0) is 14.3 Å². The van der Waals surface area contributed by atoms with Crippen molar-refractivity contribution in [1.82, 2.24) is 0 Å². The number of hydrogen-bond donors (Lipinski definition) is 1. The maximum absolute atomic E-state index is 12.4. The smallest absolute Gasteiger partial charge is 0.331 e. The van der Waals surface area contributed by atoms with Gasteiger partial charge in [0.25, 0.3) is 0 Å². The second kappa shape index (κ2) is 7.76. The number of fused-ring (bicyclic) bond motifs is 1. The van der Waals surface area contributed by atoms with Crippen LogP contribution in [0.15, 0.2) is 24.3 Å². The molecule has 4 heteroatoms. The molecule has 2 fully saturated rings. The Morgan fingerprint density at radius 2 is 2.08 bits per heavy atom. The molecule has 2 saturated carbocycles. The third-order valence-corrected chi connectivity index (χ3v) is 6.51. The van der Waals surface area contributed by atoms with Crippen molar-refractivity contribution in [2.24, 2.45) is 23.2 Å². The van der Waals surface area contributed by atoms with Crippen molar-refractivity contribution in [3.8, 4) is 0 Å². The van der Waals surface area contributed by atoms with Gasteiger partial charge in [-0.25, -0.2) is 4.79 Å². The number of carbonyl (C=O) groups excluding carboxylic acids is 1. The Morgan fingerprint density at radius 1 is 1.40 bits per heavy atom. The molecule has 0 aromatic rings. The molecular formula is C21H32O4. The molecule has 5 unspecified atom stereocenters. The molecule has 0 spiro atoms. The lowest BCUT2D eigenvalue weighted by molar-refractivity contribution is -0.166. The average molecular weight is 348 g/mol. The predicted octanol–water partition coefficient (Wildman–Crippen LogP) is 4.75. The average Bonchev–Trinajstić information content (AvgIpc) is 2.54. The lowest BCUT2D eigenvalue weighted by Gasteiger charge is -2.52. The van der Waals surface area contributed by atoms with Crippen LogP contribution < -0.4 is 0 Å². The van der Waals surface area contributed by atoms with Crippen LogP contribution in [-0.4, -0.2) is 23.1 Å². The van der Waals surface area contributed by atoms with E-state index in [1.165, 1.54) is 5.57 Å². The molecule has 0 aliphatic heterocycles. The number of carboxylic acid groups (broad SMARTS) is 1. The SMILES string of the molecule is C=C(C(=O)O)C1CC(OC(=O)CC(C)CC)C2(C)CCCC(=C)C2C1. The fraction of sp³-hybridized carbons (Fsp3) is 0.714. The molecule has 2 rings (SSSR count). The molecule has 0 amide bonds. The Hall–Kier alpha value is -1.58. The summed E-state index contributed by atoms with van der Waals surface area (Å²) >= 11 is 0. The highest BCUT2D eigenvalue weighted by molar-refractivity contribution is 5.86. The van der Waals surface area contributed by atoms with Gasteiger partial charge in [0.1, 0.15) is 6.10 Å². The van der Waals surface area contributed by atoms with Gasteiger partial charge in [-0.2, -0.15) is 0 Å². The minimum absolute atomic E-state index is 0.143. The van der Waals surface area contributed by atoms with Crippen LogP contribution in [0.3, 0.4) is 0 Å². The quantitative estimate of drug-likeness (QED) is 0.427. The Labute approximate surface area is 151 Å². The van der Waals surface area contributed by atoms with E-state index in [1.807, 2.05) is 6.92 Å². The van der Waals surface area contributed by atoms with Crippen LogP contribution in [0.25, 0.3) is 0 Å². The van der Waals surface area contributed by atoms with E-state index in [1.54, 1.807) is 0 Å². The monoisotopic (exact) mass is 348 g/mol. The van der Waals surface area contributed by atoms with E-state index in [2.05, 4.69) is 27.0 Å². The van der Waals surface area contributed by atoms with E-state index < -0.39 is 5.97 Å². The Bertz CT molecular complexity index is 564. The fourth-order valence-electron chi connectivity index (χ4n) is 4.52. The van der Waals surface area contributed by atoms with Gasteiger partial charge in [-0.15, -0.1) is 0 Å². The number of carboxylic acids is 1. The molecule has 2 aliphatic carbocycles. The predicted molar refractivity (Wildman–Crippen MR) is 98.0 cm³/mol. The summed E-state index contributed by atoms with van der Waals surface area (Å²) < 4.78 is 5.93. The number of allylic oxidation sites excluding steroid dienone is 1. The van der Waals surface area contributed by atoms with Crippen LogP contribution in [0.4, 0.5) is 0 Å². The highest BCUT2D eigenvalue weighted by Crippen LogP contribution is 2.55. The molecule has 140 valence electrons. The molecule has 0 aromatic carbocycles. The van der Waals surface area contributed by atoms with Gasteiger partial charge in [-0.05, 0) is 49.9 Å².